The van der Waals surface area contributed by atoms with Gasteiger partial charge >= 0.3 is 0 Å². The second-order valence-corrected chi connectivity index (χ2v) is 3.26. The molecule has 0 spiro atoms. The van der Waals surface area contributed by atoms with Crippen molar-refractivity contribution >= 4 is 0 Å². The Morgan fingerprint density at radius 3 is 2.08 bits per heavy atom. The smallest absolute Gasteiger partial charge is 0.0231 e. The van der Waals surface area contributed by atoms with Gasteiger partial charge in [0, 0.05) is 2.74 Å². The summed E-state index contributed by atoms with van der Waals surface area (Å²) < 4.78 is 14.2. The van der Waals surface area contributed by atoms with Crippen LogP contribution in [0.3, 0.4) is 0 Å². The summed E-state index contributed by atoms with van der Waals surface area (Å²) in [6.07, 6.45) is 5.80. The van der Waals surface area contributed by atoms with E-state index < -0.39 is 0 Å². The molecule has 0 aromatic rings. The summed E-state index contributed by atoms with van der Waals surface area (Å²) in [6.45, 7) is 6.54. The van der Waals surface area contributed by atoms with E-state index >= 15 is 0 Å². The highest BCUT2D eigenvalue weighted by Gasteiger charge is 2.00. The maximum absolute atomic E-state index is 7.12. The minimum Gasteiger partial charge on any atom is -0.303 e. The molecule has 0 bridgehead atoms. The highest BCUT2D eigenvalue weighted by molar-refractivity contribution is 4.55. The molecular formula is C11H25N. The number of rotatable bonds is 8. The number of unbranched alkanes of at least 4 members (excludes halogenated alkanes) is 2. The lowest BCUT2D eigenvalue weighted by Gasteiger charge is -2.20. The Labute approximate surface area is 81.0 Å². The van der Waals surface area contributed by atoms with Crippen molar-refractivity contribution in [2.75, 3.05) is 19.6 Å². The average Bonchev–Trinajstić information content (AvgIpc) is 2.21. The van der Waals surface area contributed by atoms with Crippen molar-refractivity contribution in [1.82, 2.24) is 4.90 Å². The molecule has 0 saturated carbocycles. The van der Waals surface area contributed by atoms with Gasteiger partial charge in [0.15, 0.2) is 0 Å². The molecule has 12 heavy (non-hydrogen) atoms. The van der Waals surface area contributed by atoms with Crippen molar-refractivity contribution in [3.05, 3.63) is 0 Å². The van der Waals surface area contributed by atoms with Gasteiger partial charge in [0.1, 0.15) is 0 Å². The fraction of sp³-hybridized carbons (Fsp3) is 1.00. The lowest BCUT2D eigenvalue weighted by molar-refractivity contribution is 0.269. The van der Waals surface area contributed by atoms with E-state index in [0.29, 0.717) is 13.8 Å². The zero-order valence-electron chi connectivity index (χ0n) is 10.5. The largest absolute Gasteiger partial charge is 0.303 e. The molecule has 0 aromatic carbocycles. The first kappa shape index (κ1) is 8.55. The maximum Gasteiger partial charge on any atom is 0.0231 e. The normalized spacial score (nSPS) is 13.2. The van der Waals surface area contributed by atoms with Gasteiger partial charge in [0.25, 0.3) is 0 Å². The summed E-state index contributed by atoms with van der Waals surface area (Å²) in [6, 6.07) is 0. The Bertz CT molecular complexity index is 101. The lowest BCUT2D eigenvalue weighted by Crippen LogP contribution is -2.26. The van der Waals surface area contributed by atoms with E-state index in [-0.39, 0.29) is 0 Å². The molecule has 0 unspecified atom stereocenters. The number of hydrogen-bond donors (Lipinski definition) is 0. The molecule has 0 atom stereocenters. The molecule has 0 amide bonds. The van der Waals surface area contributed by atoms with E-state index in [1.54, 1.807) is 0 Å². The standard InChI is InChI=1S/C11H25N/c1-4-7-8-11-12(9-5-2)10-6-3/h4-11H2,1-3H3/i2T,3T. The summed E-state index contributed by atoms with van der Waals surface area (Å²) in [5.41, 5.74) is 0. The Balaban J connectivity index is 3.49. The lowest BCUT2D eigenvalue weighted by atomic mass is 10.2. The Kier molecular flexibility index (Phi) is 6.45. The van der Waals surface area contributed by atoms with Crippen molar-refractivity contribution in [2.45, 2.75) is 52.8 Å². The van der Waals surface area contributed by atoms with Gasteiger partial charge in [-0.25, -0.2) is 0 Å². The van der Waals surface area contributed by atoms with Crippen LogP contribution in [-0.4, -0.2) is 24.5 Å². The van der Waals surface area contributed by atoms with Crippen molar-refractivity contribution in [2.24, 2.45) is 0 Å². The first-order valence-corrected chi connectivity index (χ1v) is 5.16. The van der Waals surface area contributed by atoms with Crippen LogP contribution >= 0.6 is 0 Å². The molecule has 0 fully saturated rings. The summed E-state index contributed by atoms with van der Waals surface area (Å²) in [7, 11) is 0. The third-order valence-corrected chi connectivity index (χ3v) is 2.03. The monoisotopic (exact) mass is 175 g/mol. The average molecular weight is 175 g/mol. The van der Waals surface area contributed by atoms with Crippen molar-refractivity contribution in [3.8, 4) is 0 Å². The van der Waals surface area contributed by atoms with Crippen LogP contribution < -0.4 is 0 Å². The topological polar surface area (TPSA) is 3.24 Å². The van der Waals surface area contributed by atoms with Crippen LogP contribution in [0.2, 0.25) is 0 Å². The zero-order valence-corrected chi connectivity index (χ0v) is 8.52. The predicted molar refractivity (Wildman–Crippen MR) is 56.5 cm³/mol. The molecule has 0 saturated heterocycles. The molecule has 0 radical (unpaired) electrons. The summed E-state index contributed by atoms with van der Waals surface area (Å²) in [5, 5.41) is 0. The molecule has 1 heteroatoms. The van der Waals surface area contributed by atoms with Crippen molar-refractivity contribution in [3.63, 3.8) is 0 Å². The fourth-order valence-corrected chi connectivity index (χ4v) is 1.37. The maximum atomic E-state index is 7.12. The fourth-order valence-electron chi connectivity index (χ4n) is 1.37. The highest BCUT2D eigenvalue weighted by atomic mass is 15.1. The first-order valence-electron chi connectivity index (χ1n) is 6.57. The van der Waals surface area contributed by atoms with Crippen LogP contribution in [0.1, 0.15) is 55.6 Å². The third kappa shape index (κ3) is 6.66. The van der Waals surface area contributed by atoms with Crippen LogP contribution in [0, 0.1) is 0 Å². The quantitative estimate of drug-likeness (QED) is 0.512. The molecule has 0 N–H and O–H groups in total. The first-order chi connectivity index (χ1) is 6.85. The van der Waals surface area contributed by atoms with E-state index in [0.717, 1.165) is 32.5 Å². The van der Waals surface area contributed by atoms with Gasteiger partial charge in [-0.15, -0.1) is 0 Å². The summed E-state index contributed by atoms with van der Waals surface area (Å²) >= 11 is 0. The van der Waals surface area contributed by atoms with Crippen LogP contribution in [0.4, 0.5) is 0 Å². The van der Waals surface area contributed by atoms with Gasteiger partial charge in [-0.05, 0) is 38.9 Å². The molecule has 0 aliphatic carbocycles. The second kappa shape index (κ2) is 9.05. The zero-order chi connectivity index (χ0) is 10.6. The van der Waals surface area contributed by atoms with E-state index in [1.165, 1.54) is 19.3 Å². The van der Waals surface area contributed by atoms with Crippen LogP contribution in [0.5, 0.6) is 0 Å². The molecule has 0 heterocycles. The minimum atomic E-state index is 0.533. The van der Waals surface area contributed by atoms with E-state index in [9.17, 15) is 0 Å². The minimum absolute atomic E-state index is 0.533. The molecule has 1 nitrogen and oxygen atoms in total. The number of nitrogens with zero attached hydrogens (tertiary/aromatic N) is 1. The van der Waals surface area contributed by atoms with Gasteiger partial charge in [0.05, 0.1) is 0 Å². The molecule has 0 aromatic heterocycles. The SMILES string of the molecule is [3H]CCCN(CCC[3H])CCCCC. The highest BCUT2D eigenvalue weighted by Crippen LogP contribution is 2.00. The van der Waals surface area contributed by atoms with Gasteiger partial charge in [-0.3, -0.25) is 0 Å². The predicted octanol–water partition coefficient (Wildman–Crippen LogP) is 3.30. The molecule has 0 aliphatic heterocycles. The van der Waals surface area contributed by atoms with Crippen LogP contribution in [0.25, 0.3) is 0 Å². The van der Waals surface area contributed by atoms with Crippen LogP contribution in [-0.2, 0) is 0 Å². The van der Waals surface area contributed by atoms with Gasteiger partial charge in [-0.1, -0.05) is 33.6 Å². The van der Waals surface area contributed by atoms with Gasteiger partial charge < -0.3 is 4.90 Å². The summed E-state index contributed by atoms with van der Waals surface area (Å²) in [5.74, 6) is 0. The Morgan fingerprint density at radius 2 is 1.58 bits per heavy atom. The van der Waals surface area contributed by atoms with E-state index in [4.69, 9.17) is 2.74 Å². The Morgan fingerprint density at radius 1 is 0.917 bits per heavy atom. The van der Waals surface area contributed by atoms with E-state index in [2.05, 4.69) is 11.8 Å². The molecule has 0 rings (SSSR count). The van der Waals surface area contributed by atoms with Crippen molar-refractivity contribution < 1.29 is 2.74 Å². The number of hydrogen-bond acceptors (Lipinski definition) is 1. The third-order valence-electron chi connectivity index (χ3n) is 2.03. The molecule has 0 aliphatic rings. The molecular weight excluding hydrogens is 146 g/mol. The van der Waals surface area contributed by atoms with Gasteiger partial charge in [-0.2, -0.15) is 0 Å². The molecule has 74 valence electrons. The van der Waals surface area contributed by atoms with Crippen molar-refractivity contribution in [1.29, 1.82) is 0 Å². The van der Waals surface area contributed by atoms with Crippen LogP contribution in [0.15, 0.2) is 0 Å². The van der Waals surface area contributed by atoms with E-state index in [1.807, 2.05) is 0 Å². The summed E-state index contributed by atoms with van der Waals surface area (Å²) in [4.78, 5) is 2.42. The second-order valence-electron chi connectivity index (χ2n) is 3.26. The Hall–Kier alpha value is -0.0400. The van der Waals surface area contributed by atoms with Gasteiger partial charge in [0.2, 0.25) is 0 Å².